The Morgan fingerprint density at radius 3 is 2.35 bits per heavy atom. The molecule has 2 saturated carbocycles. The van der Waals surface area contributed by atoms with Gasteiger partial charge in [0.1, 0.15) is 9.84 Å². The second kappa shape index (κ2) is 4.54. The van der Waals surface area contributed by atoms with Crippen LogP contribution in [-0.4, -0.2) is 33.0 Å². The molecule has 100 valence electrons. The molecule has 2 fully saturated rings. The van der Waals surface area contributed by atoms with E-state index in [2.05, 4.69) is 19.2 Å². The van der Waals surface area contributed by atoms with E-state index in [0.29, 0.717) is 11.8 Å². The maximum absolute atomic E-state index is 11.3. The van der Waals surface area contributed by atoms with Crippen LogP contribution in [0.15, 0.2) is 0 Å². The highest BCUT2D eigenvalue weighted by Gasteiger charge is 2.53. The van der Waals surface area contributed by atoms with E-state index in [1.54, 1.807) is 0 Å². The lowest BCUT2D eigenvalue weighted by atomic mass is 9.80. The van der Waals surface area contributed by atoms with E-state index in [1.165, 1.54) is 25.5 Å². The van der Waals surface area contributed by atoms with Crippen molar-refractivity contribution in [2.24, 2.45) is 17.3 Å². The zero-order valence-electron chi connectivity index (χ0n) is 11.2. The Bertz CT molecular complexity index is 365. The van der Waals surface area contributed by atoms with Crippen molar-refractivity contribution < 1.29 is 8.42 Å². The highest BCUT2D eigenvalue weighted by molar-refractivity contribution is 7.90. The lowest BCUT2D eigenvalue weighted by Crippen LogP contribution is -2.38. The van der Waals surface area contributed by atoms with E-state index < -0.39 is 9.84 Å². The van der Waals surface area contributed by atoms with Crippen molar-refractivity contribution in [1.82, 2.24) is 5.32 Å². The van der Waals surface area contributed by atoms with Gasteiger partial charge >= 0.3 is 0 Å². The Hall–Kier alpha value is -0.0900. The minimum Gasteiger partial charge on any atom is -0.314 e. The van der Waals surface area contributed by atoms with Crippen LogP contribution >= 0.6 is 0 Å². The Labute approximate surface area is 105 Å². The van der Waals surface area contributed by atoms with Crippen LogP contribution in [0.3, 0.4) is 0 Å². The predicted octanol–water partition coefficient (Wildman–Crippen LogP) is 1.84. The first-order chi connectivity index (χ1) is 7.80. The zero-order chi connectivity index (χ0) is 12.7. The summed E-state index contributed by atoms with van der Waals surface area (Å²) >= 11 is 0. The summed E-state index contributed by atoms with van der Waals surface area (Å²) in [6, 6.07) is 0.488. The zero-order valence-corrected chi connectivity index (χ0v) is 12.0. The number of sulfone groups is 1. The fourth-order valence-corrected chi connectivity index (χ4v) is 4.07. The molecule has 2 unspecified atom stereocenters. The molecule has 0 aromatic heterocycles. The summed E-state index contributed by atoms with van der Waals surface area (Å²) in [6.45, 7) is 5.30. The second-order valence-electron chi connectivity index (χ2n) is 6.58. The molecule has 0 radical (unpaired) electrons. The monoisotopic (exact) mass is 259 g/mol. The van der Waals surface area contributed by atoms with Gasteiger partial charge in [0.25, 0.3) is 0 Å². The van der Waals surface area contributed by atoms with Crippen molar-refractivity contribution >= 4 is 9.84 Å². The Morgan fingerprint density at radius 2 is 1.88 bits per heavy atom. The van der Waals surface area contributed by atoms with Crippen LogP contribution in [-0.2, 0) is 9.84 Å². The molecule has 0 amide bonds. The van der Waals surface area contributed by atoms with Crippen LogP contribution in [0.25, 0.3) is 0 Å². The van der Waals surface area contributed by atoms with E-state index in [4.69, 9.17) is 0 Å². The Morgan fingerprint density at radius 1 is 1.29 bits per heavy atom. The molecule has 2 aliphatic carbocycles. The third-order valence-electron chi connectivity index (χ3n) is 4.35. The van der Waals surface area contributed by atoms with Crippen molar-refractivity contribution in [2.45, 2.75) is 45.6 Å². The normalized spacial score (nSPS) is 36.2. The number of hydrogen-bond acceptors (Lipinski definition) is 3. The van der Waals surface area contributed by atoms with Gasteiger partial charge in [-0.2, -0.15) is 0 Å². The van der Waals surface area contributed by atoms with E-state index in [9.17, 15) is 8.42 Å². The quantitative estimate of drug-likeness (QED) is 0.791. The summed E-state index contributed by atoms with van der Waals surface area (Å²) in [5.74, 6) is 2.17. The van der Waals surface area contributed by atoms with E-state index >= 15 is 0 Å². The van der Waals surface area contributed by atoms with Gasteiger partial charge in [0.15, 0.2) is 0 Å². The maximum atomic E-state index is 11.3. The minimum atomic E-state index is -2.82. The van der Waals surface area contributed by atoms with Crippen LogP contribution in [0, 0.1) is 17.3 Å². The van der Waals surface area contributed by atoms with Crippen LogP contribution < -0.4 is 5.32 Å². The van der Waals surface area contributed by atoms with E-state index in [-0.39, 0.29) is 5.41 Å². The van der Waals surface area contributed by atoms with Crippen molar-refractivity contribution in [3.05, 3.63) is 0 Å². The number of rotatable bonds is 6. The van der Waals surface area contributed by atoms with Gasteiger partial charge in [-0.15, -0.1) is 0 Å². The average Bonchev–Trinajstić information content (AvgIpc) is 2.81. The highest BCUT2D eigenvalue weighted by atomic mass is 32.2. The van der Waals surface area contributed by atoms with Gasteiger partial charge in [0.2, 0.25) is 0 Å². The summed E-state index contributed by atoms with van der Waals surface area (Å²) in [6.07, 6.45) is 6.08. The SMILES string of the molecule is CC(C)NCC1(CCS(C)(=O)=O)CC2CC2C1. The topological polar surface area (TPSA) is 46.2 Å². The average molecular weight is 259 g/mol. The van der Waals surface area contributed by atoms with E-state index in [0.717, 1.165) is 24.8 Å². The largest absolute Gasteiger partial charge is 0.314 e. The van der Waals surface area contributed by atoms with Gasteiger partial charge in [-0.05, 0) is 42.9 Å². The molecule has 0 heterocycles. The minimum absolute atomic E-state index is 0.265. The van der Waals surface area contributed by atoms with E-state index in [1.807, 2.05) is 0 Å². The second-order valence-corrected chi connectivity index (χ2v) is 8.84. The van der Waals surface area contributed by atoms with Crippen LogP contribution in [0.2, 0.25) is 0 Å². The molecule has 1 N–H and O–H groups in total. The third-order valence-corrected chi connectivity index (χ3v) is 5.29. The number of fused-ring (bicyclic) bond motifs is 1. The fraction of sp³-hybridized carbons (Fsp3) is 1.00. The van der Waals surface area contributed by atoms with Gasteiger partial charge in [-0.1, -0.05) is 13.8 Å². The molecule has 2 aliphatic rings. The highest BCUT2D eigenvalue weighted by Crippen LogP contribution is 2.60. The fourth-order valence-electron chi connectivity index (χ4n) is 3.27. The van der Waals surface area contributed by atoms with Gasteiger partial charge in [0, 0.05) is 18.8 Å². The molecule has 17 heavy (non-hydrogen) atoms. The molecule has 0 spiro atoms. The standard InChI is InChI=1S/C13H25NO2S/c1-10(2)14-9-13(4-5-17(3,15)16)7-11-6-12(11)8-13/h10-12,14H,4-9H2,1-3H3. The number of nitrogens with one attached hydrogen (secondary N) is 1. The van der Waals surface area contributed by atoms with Crippen molar-refractivity contribution in [1.29, 1.82) is 0 Å². The molecule has 4 heteroatoms. The lowest BCUT2D eigenvalue weighted by molar-refractivity contribution is 0.235. The molecule has 3 nitrogen and oxygen atoms in total. The van der Waals surface area contributed by atoms with Gasteiger partial charge in [-0.25, -0.2) is 8.42 Å². The van der Waals surface area contributed by atoms with Gasteiger partial charge in [0.05, 0.1) is 5.75 Å². The van der Waals surface area contributed by atoms with Gasteiger partial charge in [-0.3, -0.25) is 0 Å². The lowest BCUT2D eigenvalue weighted by Gasteiger charge is -2.32. The van der Waals surface area contributed by atoms with Crippen molar-refractivity contribution in [3.8, 4) is 0 Å². The molecule has 2 rings (SSSR count). The summed E-state index contributed by atoms with van der Waals surface area (Å²) in [4.78, 5) is 0. The maximum Gasteiger partial charge on any atom is 0.147 e. The van der Waals surface area contributed by atoms with Crippen molar-refractivity contribution in [2.75, 3.05) is 18.6 Å². The van der Waals surface area contributed by atoms with Gasteiger partial charge < -0.3 is 5.32 Å². The molecular formula is C13H25NO2S. The predicted molar refractivity (Wildman–Crippen MR) is 70.7 cm³/mol. The van der Waals surface area contributed by atoms with Crippen LogP contribution in [0.5, 0.6) is 0 Å². The molecule has 0 aromatic rings. The first-order valence-corrected chi connectivity index (χ1v) is 8.77. The molecule has 0 aromatic carbocycles. The smallest absolute Gasteiger partial charge is 0.147 e. The molecule has 0 aliphatic heterocycles. The molecule has 0 saturated heterocycles. The number of hydrogen-bond donors (Lipinski definition) is 1. The first kappa shape index (κ1) is 13.3. The summed E-state index contributed by atoms with van der Waals surface area (Å²) in [5.41, 5.74) is 0.265. The Kier molecular flexibility index (Phi) is 3.56. The molecule has 2 atom stereocenters. The van der Waals surface area contributed by atoms with Crippen LogP contribution in [0.4, 0.5) is 0 Å². The first-order valence-electron chi connectivity index (χ1n) is 6.71. The summed E-state index contributed by atoms with van der Waals surface area (Å²) in [7, 11) is -2.82. The third kappa shape index (κ3) is 3.68. The Balaban J connectivity index is 1.93. The summed E-state index contributed by atoms with van der Waals surface area (Å²) < 4.78 is 22.7. The van der Waals surface area contributed by atoms with Crippen molar-refractivity contribution in [3.63, 3.8) is 0 Å². The summed E-state index contributed by atoms with van der Waals surface area (Å²) in [5, 5.41) is 3.51. The molecular weight excluding hydrogens is 234 g/mol. The van der Waals surface area contributed by atoms with Crippen LogP contribution in [0.1, 0.15) is 39.5 Å². The molecule has 0 bridgehead atoms.